The maximum atomic E-state index is 13.2. The van der Waals surface area contributed by atoms with Crippen LogP contribution in [0.5, 0.6) is 0 Å². The molecule has 0 N–H and O–H groups in total. The van der Waals surface area contributed by atoms with Crippen molar-refractivity contribution in [3.63, 3.8) is 0 Å². The van der Waals surface area contributed by atoms with E-state index in [0.29, 0.717) is 6.42 Å². The molecular weight excluding hydrogens is 295 g/mol. The van der Waals surface area contributed by atoms with Gasteiger partial charge in [0.15, 0.2) is 0 Å². The van der Waals surface area contributed by atoms with Gasteiger partial charge >= 0.3 is 0 Å². The van der Waals surface area contributed by atoms with Crippen LogP contribution in [0.2, 0.25) is 0 Å². The summed E-state index contributed by atoms with van der Waals surface area (Å²) < 4.78 is 14.0. The smallest absolute Gasteiger partial charge is 0.140 e. The number of halogens is 2. The van der Waals surface area contributed by atoms with Gasteiger partial charge in [0.2, 0.25) is 0 Å². The minimum absolute atomic E-state index is 0.111. The fourth-order valence-electron chi connectivity index (χ4n) is 2.05. The lowest BCUT2D eigenvalue weighted by Gasteiger charge is -2.13. The van der Waals surface area contributed by atoms with E-state index in [-0.39, 0.29) is 17.5 Å². The van der Waals surface area contributed by atoms with Crippen molar-refractivity contribution in [3.8, 4) is 0 Å². The third-order valence-electron chi connectivity index (χ3n) is 3.23. The van der Waals surface area contributed by atoms with Crippen LogP contribution in [0.3, 0.4) is 0 Å². The van der Waals surface area contributed by atoms with Crippen molar-refractivity contribution in [1.29, 1.82) is 0 Å². The zero-order chi connectivity index (χ0) is 13.5. The molecule has 0 spiro atoms. The summed E-state index contributed by atoms with van der Waals surface area (Å²) in [5, 5.41) is 0. The molecule has 0 radical (unpaired) electrons. The lowest BCUT2D eigenvalue weighted by Crippen LogP contribution is -2.16. The zero-order valence-electron chi connectivity index (χ0n) is 11.0. The van der Waals surface area contributed by atoms with E-state index in [2.05, 4.69) is 22.9 Å². The van der Waals surface area contributed by atoms with Crippen LogP contribution in [-0.2, 0) is 11.2 Å². The largest absolute Gasteiger partial charge is 0.299 e. The molecule has 1 aromatic carbocycles. The molecule has 0 amide bonds. The van der Waals surface area contributed by atoms with Gasteiger partial charge in [-0.15, -0.1) is 0 Å². The molecule has 0 heterocycles. The summed E-state index contributed by atoms with van der Waals surface area (Å²) in [6.07, 6.45) is 4.31. The van der Waals surface area contributed by atoms with E-state index >= 15 is 0 Å². The van der Waals surface area contributed by atoms with E-state index in [1.165, 1.54) is 12.1 Å². The van der Waals surface area contributed by atoms with E-state index in [4.69, 9.17) is 0 Å². The number of benzene rings is 1. The fraction of sp³-hybridized carbons (Fsp3) is 0.533. The summed E-state index contributed by atoms with van der Waals surface area (Å²) in [6, 6.07) is 4.49. The molecule has 1 nitrogen and oxygen atoms in total. The van der Waals surface area contributed by atoms with Crippen LogP contribution in [0.4, 0.5) is 4.39 Å². The lowest BCUT2D eigenvalue weighted by molar-refractivity contribution is -0.122. The number of rotatable bonds is 7. The Balaban J connectivity index is 2.70. The molecule has 3 heteroatoms. The van der Waals surface area contributed by atoms with Crippen LogP contribution in [0.15, 0.2) is 22.7 Å². The van der Waals surface area contributed by atoms with Gasteiger partial charge in [-0.1, -0.05) is 42.6 Å². The first-order valence-electron chi connectivity index (χ1n) is 6.55. The average molecular weight is 315 g/mol. The summed E-state index contributed by atoms with van der Waals surface area (Å²) in [4.78, 5) is 12.2. The van der Waals surface area contributed by atoms with Gasteiger partial charge in [0.25, 0.3) is 0 Å². The van der Waals surface area contributed by atoms with Gasteiger partial charge in [-0.25, -0.2) is 4.39 Å². The van der Waals surface area contributed by atoms with Crippen LogP contribution in [0.25, 0.3) is 0 Å². The van der Waals surface area contributed by atoms with Gasteiger partial charge in [-0.2, -0.15) is 0 Å². The zero-order valence-corrected chi connectivity index (χ0v) is 12.6. The van der Waals surface area contributed by atoms with Gasteiger partial charge in [0.1, 0.15) is 11.6 Å². The average Bonchev–Trinajstić information content (AvgIpc) is 2.35. The fourth-order valence-corrected chi connectivity index (χ4v) is 2.44. The molecule has 0 aliphatic carbocycles. The number of hydrogen-bond donors (Lipinski definition) is 0. The van der Waals surface area contributed by atoms with Crippen molar-refractivity contribution < 1.29 is 9.18 Å². The molecule has 100 valence electrons. The van der Waals surface area contributed by atoms with Crippen molar-refractivity contribution in [2.75, 3.05) is 0 Å². The Labute approximate surface area is 117 Å². The van der Waals surface area contributed by atoms with Crippen molar-refractivity contribution >= 4 is 21.7 Å². The second-order valence-corrected chi connectivity index (χ2v) is 5.48. The van der Waals surface area contributed by atoms with Crippen molar-refractivity contribution in [3.05, 3.63) is 34.1 Å². The van der Waals surface area contributed by atoms with Crippen molar-refractivity contribution in [1.82, 2.24) is 0 Å². The minimum Gasteiger partial charge on any atom is -0.299 e. The topological polar surface area (TPSA) is 17.1 Å². The van der Waals surface area contributed by atoms with E-state index in [0.717, 1.165) is 35.7 Å². The highest BCUT2D eigenvalue weighted by Gasteiger charge is 2.17. The van der Waals surface area contributed by atoms with Crippen LogP contribution >= 0.6 is 15.9 Å². The number of carbonyl (C=O) groups excluding carboxylic acids is 1. The molecule has 1 unspecified atom stereocenters. The maximum Gasteiger partial charge on any atom is 0.140 e. The van der Waals surface area contributed by atoms with Gasteiger partial charge in [0, 0.05) is 16.8 Å². The number of unbranched alkanes of at least 4 members (excludes halogenated alkanes) is 1. The van der Waals surface area contributed by atoms with Gasteiger partial charge in [0.05, 0.1) is 0 Å². The Bertz CT molecular complexity index is 403. The van der Waals surface area contributed by atoms with Crippen LogP contribution in [0, 0.1) is 11.7 Å². The Kier molecular flexibility index (Phi) is 6.55. The molecule has 0 aliphatic heterocycles. The van der Waals surface area contributed by atoms with Gasteiger partial charge in [-0.3, -0.25) is 4.79 Å². The summed E-state index contributed by atoms with van der Waals surface area (Å²) in [5.74, 6) is 0.0416. The highest BCUT2D eigenvalue weighted by Crippen LogP contribution is 2.22. The highest BCUT2D eigenvalue weighted by molar-refractivity contribution is 9.10. The molecule has 0 saturated carbocycles. The second kappa shape index (κ2) is 7.67. The minimum atomic E-state index is -0.289. The highest BCUT2D eigenvalue weighted by atomic mass is 79.9. The van der Waals surface area contributed by atoms with E-state index in [9.17, 15) is 9.18 Å². The summed E-state index contributed by atoms with van der Waals surface area (Å²) in [7, 11) is 0. The summed E-state index contributed by atoms with van der Waals surface area (Å²) in [6.45, 7) is 4.17. The van der Waals surface area contributed by atoms with Gasteiger partial charge < -0.3 is 0 Å². The third kappa shape index (κ3) is 4.52. The van der Waals surface area contributed by atoms with Crippen molar-refractivity contribution in [2.24, 2.45) is 5.92 Å². The Morgan fingerprint density at radius 1 is 1.39 bits per heavy atom. The second-order valence-electron chi connectivity index (χ2n) is 4.63. The number of Topliss-reactive ketones (excluding diaryl/α,β-unsaturated/α-hetero) is 1. The molecule has 0 saturated heterocycles. The lowest BCUT2D eigenvalue weighted by atomic mass is 9.91. The summed E-state index contributed by atoms with van der Waals surface area (Å²) in [5.41, 5.74) is 0.745. The molecule has 0 aromatic heterocycles. The first-order chi connectivity index (χ1) is 8.58. The van der Waals surface area contributed by atoms with Crippen LogP contribution in [-0.4, -0.2) is 5.78 Å². The molecular formula is C15H20BrFO. The molecule has 0 bridgehead atoms. The first kappa shape index (κ1) is 15.4. The van der Waals surface area contributed by atoms with E-state index < -0.39 is 0 Å². The van der Waals surface area contributed by atoms with E-state index in [1.807, 2.05) is 6.92 Å². The number of carbonyl (C=O) groups is 1. The van der Waals surface area contributed by atoms with Crippen molar-refractivity contribution in [2.45, 2.75) is 46.0 Å². The third-order valence-corrected chi connectivity index (χ3v) is 4.00. The van der Waals surface area contributed by atoms with Gasteiger partial charge in [-0.05, 0) is 36.6 Å². The monoisotopic (exact) mass is 314 g/mol. The molecule has 1 rings (SSSR count). The maximum absolute atomic E-state index is 13.2. The predicted octanol–water partition coefficient (Wildman–Crippen LogP) is 4.92. The quantitative estimate of drug-likeness (QED) is 0.698. The predicted molar refractivity (Wildman–Crippen MR) is 76.1 cm³/mol. The standard InChI is InChI=1S/C15H20BrFO/c1-3-5-6-11(4-2)15(18)10-12-9-13(17)7-8-14(12)16/h7-9,11H,3-6,10H2,1-2H3. The Morgan fingerprint density at radius 3 is 2.72 bits per heavy atom. The molecule has 0 fully saturated rings. The molecule has 1 aromatic rings. The Morgan fingerprint density at radius 2 is 2.11 bits per heavy atom. The van der Waals surface area contributed by atoms with E-state index in [1.54, 1.807) is 6.07 Å². The summed E-state index contributed by atoms with van der Waals surface area (Å²) >= 11 is 3.36. The number of hydrogen-bond acceptors (Lipinski definition) is 1. The molecule has 1 atom stereocenters. The molecule has 0 aliphatic rings. The molecule has 18 heavy (non-hydrogen) atoms. The van der Waals surface area contributed by atoms with Crippen LogP contribution in [0.1, 0.15) is 45.1 Å². The normalized spacial score (nSPS) is 12.4. The Hall–Kier alpha value is -0.700. The number of ketones is 1. The SMILES string of the molecule is CCCCC(CC)C(=O)Cc1cc(F)ccc1Br. The first-order valence-corrected chi connectivity index (χ1v) is 7.34. The van der Waals surface area contributed by atoms with Crippen LogP contribution < -0.4 is 0 Å².